The summed E-state index contributed by atoms with van der Waals surface area (Å²) < 4.78 is 0. The topological polar surface area (TPSA) is 0 Å². The Balaban J connectivity index is -0.00000000750. The van der Waals surface area contributed by atoms with Crippen molar-refractivity contribution in [2.24, 2.45) is 0 Å². The number of hydrogen-bond donors (Lipinski definition) is 0. The van der Waals surface area contributed by atoms with E-state index in [-0.39, 0.29) is 28.2 Å². The van der Waals surface area contributed by atoms with E-state index in [1.165, 1.54) is 0 Å². The van der Waals surface area contributed by atoms with Crippen LogP contribution in [-0.4, -0.2) is 23.9 Å². The summed E-state index contributed by atoms with van der Waals surface area (Å²) in [7, 11) is 0. The van der Waals surface area contributed by atoms with E-state index in [1.807, 2.05) is 13.3 Å². The van der Waals surface area contributed by atoms with Gasteiger partial charge >= 0.3 is 0 Å². The van der Waals surface area contributed by atoms with Gasteiger partial charge in [0.25, 0.3) is 0 Å². The van der Waals surface area contributed by atoms with Gasteiger partial charge in [0.05, 0.1) is 0 Å². The Morgan fingerprint density at radius 1 is 1.80 bits per heavy atom. The van der Waals surface area contributed by atoms with Crippen molar-refractivity contribution >= 4 is 23.9 Å². The van der Waals surface area contributed by atoms with Crippen molar-refractivity contribution in [2.45, 2.75) is 6.92 Å². The number of hydrogen-bond acceptors (Lipinski definition) is 0. The van der Waals surface area contributed by atoms with Gasteiger partial charge in [0.2, 0.25) is 0 Å². The molecule has 5 radical (unpaired) electrons. The third-order valence-electron chi connectivity index (χ3n) is 0.236. The van der Waals surface area contributed by atoms with Crippen molar-refractivity contribution in [3.05, 3.63) is 19.1 Å². The van der Waals surface area contributed by atoms with Crippen LogP contribution in [0.25, 0.3) is 0 Å². The normalized spacial score (nSPS) is 5.00. The van der Waals surface area contributed by atoms with Gasteiger partial charge in [0, 0.05) is 28.2 Å². The smallest absolute Gasteiger partial charge is 0 e. The molecule has 0 unspecified atom stereocenters. The molecular weight excluding hydrogens is 167 g/mol. The molecule has 0 rings (SSSR count). The first kappa shape index (κ1) is 9.11. The summed E-state index contributed by atoms with van der Waals surface area (Å²) in [6.45, 7) is 5.36. The second-order valence-electron chi connectivity index (χ2n) is 0.569. The zero-order valence-corrected chi connectivity index (χ0v) is 6.22. The number of allylic oxidation sites excluding steroid dienone is 1. The Hall–Kier alpha value is 0.539. The van der Waals surface area contributed by atoms with Crippen molar-refractivity contribution in [1.82, 2.24) is 0 Å². The average molecular weight is 180 g/mol. The molecule has 33 valence electrons. The Morgan fingerprint density at radius 2 is 2.00 bits per heavy atom. The first-order valence-electron chi connectivity index (χ1n) is 1.32. The molecule has 0 fully saturated rings. The van der Waals surface area contributed by atoms with Crippen LogP contribution in [0.4, 0.5) is 0 Å². The zero-order valence-electron chi connectivity index (χ0n) is 3.36. The first-order valence-corrected chi connectivity index (χ1v) is 1.32. The van der Waals surface area contributed by atoms with Gasteiger partial charge in [-0.25, -0.2) is 0 Å². The van der Waals surface area contributed by atoms with Crippen molar-refractivity contribution in [1.29, 1.82) is 0 Å². The summed E-state index contributed by atoms with van der Waals surface area (Å²) in [5, 5.41) is 0. The van der Waals surface area contributed by atoms with E-state index in [1.54, 1.807) is 6.08 Å². The average Bonchev–Trinajstić information content (AvgIpc) is 1.37. The van der Waals surface area contributed by atoms with Crippen molar-refractivity contribution in [3.8, 4) is 0 Å². The van der Waals surface area contributed by atoms with E-state index in [0.717, 1.165) is 0 Å². The summed E-state index contributed by atoms with van der Waals surface area (Å²) >= 11 is 0. The van der Waals surface area contributed by atoms with Crippen LogP contribution >= 0.6 is 0 Å². The SMILES string of the molecule is C=C[CH]C.[HH].[HH].[HH].[Sn]. The molecule has 0 N–H and O–H groups in total. The van der Waals surface area contributed by atoms with Gasteiger partial charge in [0.1, 0.15) is 0 Å². The number of rotatable bonds is 1. The molecule has 1 heteroatoms. The van der Waals surface area contributed by atoms with E-state index in [9.17, 15) is 0 Å². The van der Waals surface area contributed by atoms with Crippen LogP contribution in [0, 0.1) is 6.42 Å². The molecule has 0 heterocycles. The van der Waals surface area contributed by atoms with E-state index in [0.29, 0.717) is 0 Å². The van der Waals surface area contributed by atoms with Gasteiger partial charge in [0.15, 0.2) is 0 Å². The predicted octanol–water partition coefficient (Wildman–Crippen LogP) is 1.75. The molecule has 0 atom stereocenters. The second-order valence-corrected chi connectivity index (χ2v) is 0.569. The minimum absolute atomic E-state index is 0. The van der Waals surface area contributed by atoms with Gasteiger partial charge in [-0.1, -0.05) is 13.0 Å². The van der Waals surface area contributed by atoms with Crippen LogP contribution in [0.5, 0.6) is 0 Å². The Morgan fingerprint density at radius 3 is 2.00 bits per heavy atom. The maximum atomic E-state index is 3.42. The molecule has 0 aromatic heterocycles. The Kier molecular flexibility index (Phi) is 16.1. The maximum absolute atomic E-state index is 3.42. The first-order chi connectivity index (χ1) is 1.91. The fourth-order valence-corrected chi connectivity index (χ4v) is 0. The molecule has 0 aliphatic carbocycles. The van der Waals surface area contributed by atoms with E-state index >= 15 is 0 Å². The van der Waals surface area contributed by atoms with E-state index in [4.69, 9.17) is 0 Å². The molecule has 0 bridgehead atoms. The fourth-order valence-electron chi connectivity index (χ4n) is 0. The minimum Gasteiger partial charge on any atom is -0.103 e. The molecule has 0 aromatic rings. The molecule has 0 spiro atoms. The molecule has 0 amide bonds. The molecule has 0 aliphatic heterocycles. The van der Waals surface area contributed by atoms with Crippen molar-refractivity contribution in [3.63, 3.8) is 0 Å². The largest absolute Gasteiger partial charge is 0.103 e. The van der Waals surface area contributed by atoms with Crippen LogP contribution in [0.3, 0.4) is 0 Å². The molecule has 5 heavy (non-hydrogen) atoms. The third kappa shape index (κ3) is 12.4. The monoisotopic (exact) mass is 181 g/mol. The minimum atomic E-state index is 0. The third-order valence-corrected chi connectivity index (χ3v) is 0.236. The van der Waals surface area contributed by atoms with E-state index < -0.39 is 0 Å². The van der Waals surface area contributed by atoms with Crippen LogP contribution < -0.4 is 0 Å². The summed E-state index contributed by atoms with van der Waals surface area (Å²) in [5.74, 6) is 0. The Bertz CT molecular complexity index is 25.2. The van der Waals surface area contributed by atoms with Crippen LogP contribution in [0.1, 0.15) is 11.2 Å². The van der Waals surface area contributed by atoms with Crippen molar-refractivity contribution in [2.75, 3.05) is 0 Å². The van der Waals surface area contributed by atoms with Crippen LogP contribution in [0.2, 0.25) is 0 Å². The standard InChI is InChI=1S/C4H7.Sn.3H2/c1-3-4-2;;;;/h3-4H,1H2,2H3;;3*1H. The van der Waals surface area contributed by atoms with Gasteiger partial charge in [-0.3, -0.25) is 0 Å². The zero-order chi connectivity index (χ0) is 3.41. The summed E-state index contributed by atoms with van der Waals surface area (Å²) in [5.41, 5.74) is 0. The Labute approximate surface area is 54.7 Å². The molecular formula is C4H13Sn. The maximum Gasteiger partial charge on any atom is 0 e. The summed E-state index contributed by atoms with van der Waals surface area (Å²) in [4.78, 5) is 0. The van der Waals surface area contributed by atoms with Crippen LogP contribution in [0.15, 0.2) is 12.7 Å². The molecule has 0 aromatic carbocycles. The van der Waals surface area contributed by atoms with Crippen LogP contribution in [-0.2, 0) is 0 Å². The van der Waals surface area contributed by atoms with E-state index in [2.05, 4.69) is 6.58 Å². The summed E-state index contributed by atoms with van der Waals surface area (Å²) in [6, 6.07) is 0. The fraction of sp³-hybridized carbons (Fsp3) is 0.250. The van der Waals surface area contributed by atoms with Gasteiger partial charge in [-0.2, -0.15) is 0 Å². The van der Waals surface area contributed by atoms with Gasteiger partial charge in [-0.05, 0) is 6.42 Å². The predicted molar refractivity (Wildman–Crippen MR) is 32.3 cm³/mol. The summed E-state index contributed by atoms with van der Waals surface area (Å²) in [6.07, 6.45) is 3.64. The molecule has 0 nitrogen and oxygen atoms in total. The van der Waals surface area contributed by atoms with Crippen molar-refractivity contribution < 1.29 is 4.28 Å². The van der Waals surface area contributed by atoms with Gasteiger partial charge in [-0.15, -0.1) is 6.58 Å². The molecule has 0 aliphatic rings. The quantitative estimate of drug-likeness (QED) is 0.539. The van der Waals surface area contributed by atoms with Gasteiger partial charge < -0.3 is 0 Å². The molecule has 0 saturated heterocycles. The molecule has 0 saturated carbocycles. The second kappa shape index (κ2) is 8.82.